The highest BCUT2D eigenvalue weighted by atomic mass is 16.6. The zero-order valence-corrected chi connectivity index (χ0v) is 24.3. The smallest absolute Gasteiger partial charge is 0.410 e. The summed E-state index contributed by atoms with van der Waals surface area (Å²) in [6, 6.07) is 29.0. The number of hydrogen-bond acceptors (Lipinski definition) is 8. The maximum atomic E-state index is 13.0. The minimum atomic E-state index is -1.24. The predicted octanol–water partition coefficient (Wildman–Crippen LogP) is 5.53. The normalized spacial score (nSPS) is 11.1. The first kappa shape index (κ1) is 31.3. The summed E-state index contributed by atoms with van der Waals surface area (Å²) in [5.74, 6) is -2.28. The topological polar surface area (TPSA) is 131 Å². The fourth-order valence-electron chi connectivity index (χ4n) is 4.20. The van der Waals surface area contributed by atoms with Gasteiger partial charge in [0.2, 0.25) is 6.10 Å². The molecule has 4 aromatic carbocycles. The number of phenolic OH excluding ortho intramolecular Hbond substituents is 1. The van der Waals surface area contributed by atoms with Crippen molar-refractivity contribution in [1.29, 1.82) is 0 Å². The minimum Gasteiger partial charge on any atom is -0.505 e. The van der Waals surface area contributed by atoms with Crippen molar-refractivity contribution in [3.63, 3.8) is 0 Å². The molecule has 0 spiro atoms. The molecule has 2 N–H and O–H groups in total. The van der Waals surface area contributed by atoms with Crippen molar-refractivity contribution < 1.29 is 38.5 Å². The zero-order chi connectivity index (χ0) is 31.5. The Bertz CT molecular complexity index is 1590. The Hall–Kier alpha value is -5.64. The Morgan fingerprint density at radius 2 is 1.48 bits per heavy atom. The molecule has 0 radical (unpaired) electrons. The lowest BCUT2D eigenvalue weighted by molar-refractivity contribution is -0.156. The quantitative estimate of drug-likeness (QED) is 0.131. The first-order valence-electron chi connectivity index (χ1n) is 13.7. The second kappa shape index (κ2) is 15.0. The number of methoxy groups -OCH3 is 1. The van der Waals surface area contributed by atoms with Gasteiger partial charge in [0.05, 0.1) is 12.8 Å². The molecule has 2 amide bonds. The van der Waals surface area contributed by atoms with E-state index in [9.17, 15) is 24.3 Å². The van der Waals surface area contributed by atoms with Crippen LogP contribution < -0.4 is 5.32 Å². The Labute approximate surface area is 254 Å². The van der Waals surface area contributed by atoms with Gasteiger partial charge in [0.1, 0.15) is 12.2 Å². The molecule has 0 aromatic heterocycles. The van der Waals surface area contributed by atoms with E-state index >= 15 is 0 Å². The fraction of sp³-hybridized carbons (Fsp3) is 0.176. The number of carbonyl (C=O) groups is 4. The highest BCUT2D eigenvalue weighted by Crippen LogP contribution is 2.28. The van der Waals surface area contributed by atoms with Crippen molar-refractivity contribution in [2.45, 2.75) is 19.1 Å². The van der Waals surface area contributed by atoms with Crippen LogP contribution in [0.25, 0.3) is 0 Å². The number of nitrogens with one attached hydrogen (secondary N) is 1. The van der Waals surface area contributed by atoms with Crippen LogP contribution in [0, 0.1) is 0 Å². The van der Waals surface area contributed by atoms with E-state index in [-0.39, 0.29) is 24.4 Å². The Morgan fingerprint density at radius 1 is 0.818 bits per heavy atom. The Kier molecular flexibility index (Phi) is 10.7. The van der Waals surface area contributed by atoms with E-state index in [1.54, 1.807) is 61.6 Å². The molecule has 0 saturated carbocycles. The van der Waals surface area contributed by atoms with E-state index in [2.05, 4.69) is 10.1 Å². The van der Waals surface area contributed by atoms with E-state index in [1.165, 1.54) is 30.2 Å². The van der Waals surface area contributed by atoms with Gasteiger partial charge in [-0.25, -0.2) is 14.4 Å². The minimum absolute atomic E-state index is 0.0471. The SMILES string of the molecule is COC(=O)c1cccc(NC(=O)c2ccc(CCN(C)C(=O)OC(C(=O)OCc3ccccc3)c3ccccc3)cc2)c1O. The zero-order valence-electron chi connectivity index (χ0n) is 24.3. The molecule has 10 heteroatoms. The summed E-state index contributed by atoms with van der Waals surface area (Å²) in [6.07, 6.45) is -1.48. The summed E-state index contributed by atoms with van der Waals surface area (Å²) in [5.41, 5.74) is 2.47. The van der Waals surface area contributed by atoms with Crippen molar-refractivity contribution >= 4 is 29.6 Å². The average molecular weight is 597 g/mol. The van der Waals surface area contributed by atoms with Crippen molar-refractivity contribution in [2.24, 2.45) is 0 Å². The molecule has 1 unspecified atom stereocenters. The summed E-state index contributed by atoms with van der Waals surface area (Å²) >= 11 is 0. The van der Waals surface area contributed by atoms with E-state index in [1.807, 2.05) is 30.3 Å². The third-order valence-electron chi connectivity index (χ3n) is 6.71. The lowest BCUT2D eigenvalue weighted by atomic mass is 10.1. The van der Waals surface area contributed by atoms with Gasteiger partial charge in [0, 0.05) is 24.7 Å². The Balaban J connectivity index is 1.33. The van der Waals surface area contributed by atoms with Gasteiger partial charge in [-0.3, -0.25) is 4.79 Å². The monoisotopic (exact) mass is 596 g/mol. The third-order valence-corrected chi connectivity index (χ3v) is 6.71. The number of para-hydroxylation sites is 1. The first-order valence-corrected chi connectivity index (χ1v) is 13.7. The Morgan fingerprint density at radius 3 is 2.14 bits per heavy atom. The number of nitrogens with zero attached hydrogens (tertiary/aromatic N) is 1. The number of carbonyl (C=O) groups excluding carboxylic acids is 4. The number of likely N-dealkylation sites (N-methyl/N-ethyl adjacent to an activating group) is 1. The lowest BCUT2D eigenvalue weighted by Gasteiger charge is -2.22. The summed E-state index contributed by atoms with van der Waals surface area (Å²) in [5, 5.41) is 12.9. The molecule has 1 atom stereocenters. The molecule has 4 rings (SSSR count). The van der Waals surface area contributed by atoms with Crippen LogP contribution in [0.5, 0.6) is 5.75 Å². The predicted molar refractivity (Wildman–Crippen MR) is 162 cm³/mol. The van der Waals surface area contributed by atoms with Crippen LogP contribution in [0.2, 0.25) is 0 Å². The van der Waals surface area contributed by atoms with Crippen LogP contribution in [0.4, 0.5) is 10.5 Å². The maximum absolute atomic E-state index is 13.0. The van der Waals surface area contributed by atoms with Gasteiger partial charge in [-0.1, -0.05) is 78.9 Å². The van der Waals surface area contributed by atoms with Gasteiger partial charge in [0.25, 0.3) is 5.91 Å². The largest absolute Gasteiger partial charge is 0.505 e. The van der Waals surface area contributed by atoms with E-state index < -0.39 is 35.8 Å². The molecule has 10 nitrogen and oxygen atoms in total. The second-order valence-electron chi connectivity index (χ2n) is 9.78. The van der Waals surface area contributed by atoms with Crippen LogP contribution in [0.1, 0.15) is 43.5 Å². The molecule has 0 bridgehead atoms. The molecular weight excluding hydrogens is 564 g/mol. The van der Waals surface area contributed by atoms with Crippen LogP contribution in [-0.2, 0) is 32.0 Å². The summed E-state index contributed by atoms with van der Waals surface area (Å²) in [6.45, 7) is 0.324. The van der Waals surface area contributed by atoms with E-state index in [0.717, 1.165) is 11.1 Å². The summed E-state index contributed by atoms with van der Waals surface area (Å²) < 4.78 is 15.7. The number of esters is 2. The van der Waals surface area contributed by atoms with Crippen molar-refractivity contribution in [3.8, 4) is 5.75 Å². The van der Waals surface area contributed by atoms with Crippen molar-refractivity contribution in [2.75, 3.05) is 26.0 Å². The van der Waals surface area contributed by atoms with Crippen molar-refractivity contribution in [1.82, 2.24) is 4.90 Å². The molecular formula is C34H32N2O8. The first-order chi connectivity index (χ1) is 21.3. The number of ether oxygens (including phenoxy) is 3. The highest BCUT2D eigenvalue weighted by molar-refractivity contribution is 6.06. The van der Waals surface area contributed by atoms with E-state index in [0.29, 0.717) is 17.5 Å². The van der Waals surface area contributed by atoms with Gasteiger partial charge in [-0.15, -0.1) is 0 Å². The number of rotatable bonds is 11. The van der Waals surface area contributed by atoms with Crippen molar-refractivity contribution in [3.05, 3.63) is 131 Å². The molecule has 0 heterocycles. The number of benzene rings is 4. The number of anilines is 1. The number of aromatic hydroxyl groups is 1. The third kappa shape index (κ3) is 8.22. The number of phenols is 1. The van der Waals surface area contributed by atoms with Crippen LogP contribution in [0.15, 0.2) is 103 Å². The maximum Gasteiger partial charge on any atom is 0.410 e. The summed E-state index contributed by atoms with van der Waals surface area (Å²) in [7, 11) is 2.76. The number of amides is 2. The molecule has 226 valence electrons. The molecule has 0 aliphatic heterocycles. The molecule has 4 aromatic rings. The number of hydrogen-bond donors (Lipinski definition) is 2. The molecule has 0 saturated heterocycles. The molecule has 0 fully saturated rings. The van der Waals surface area contributed by atoms with Gasteiger partial charge in [0.15, 0.2) is 5.75 Å². The van der Waals surface area contributed by atoms with Gasteiger partial charge in [-0.05, 0) is 41.8 Å². The lowest BCUT2D eigenvalue weighted by Crippen LogP contribution is -2.33. The van der Waals surface area contributed by atoms with Crippen LogP contribution >= 0.6 is 0 Å². The highest BCUT2D eigenvalue weighted by Gasteiger charge is 2.28. The van der Waals surface area contributed by atoms with Gasteiger partial charge >= 0.3 is 18.0 Å². The van der Waals surface area contributed by atoms with Crippen LogP contribution in [0.3, 0.4) is 0 Å². The van der Waals surface area contributed by atoms with Gasteiger partial charge in [-0.2, -0.15) is 0 Å². The fourth-order valence-corrected chi connectivity index (χ4v) is 4.20. The van der Waals surface area contributed by atoms with Gasteiger partial charge < -0.3 is 29.5 Å². The molecule has 0 aliphatic carbocycles. The average Bonchev–Trinajstić information content (AvgIpc) is 3.06. The van der Waals surface area contributed by atoms with E-state index in [4.69, 9.17) is 9.47 Å². The second-order valence-corrected chi connectivity index (χ2v) is 9.78. The molecule has 44 heavy (non-hydrogen) atoms. The summed E-state index contributed by atoms with van der Waals surface area (Å²) in [4.78, 5) is 51.8. The van der Waals surface area contributed by atoms with Crippen LogP contribution in [-0.4, -0.2) is 54.6 Å². The molecule has 0 aliphatic rings. The standard InChI is InChI=1S/C34H32N2O8/c1-36(34(41)44-30(25-12-7-4-8-13-25)33(40)43-22-24-10-5-3-6-11-24)21-20-23-16-18-26(19-17-23)31(38)35-28-15-9-14-27(29(28)37)32(39)42-2/h3-19,30,37H,20-22H2,1-2H3,(H,35,38).